The first-order chi connectivity index (χ1) is 8.31. The molecule has 0 spiro atoms. The van der Waals surface area contributed by atoms with Crippen LogP contribution in [0.15, 0.2) is 0 Å². The van der Waals surface area contributed by atoms with Crippen LogP contribution in [0, 0.1) is 11.8 Å². The first-order valence-corrected chi connectivity index (χ1v) is 7.99. The highest BCUT2D eigenvalue weighted by Crippen LogP contribution is 2.30. The van der Waals surface area contributed by atoms with Gasteiger partial charge in [-0.25, -0.2) is 0 Å². The minimum atomic E-state index is 0.771. The zero-order chi connectivity index (χ0) is 12.5. The van der Waals surface area contributed by atoms with E-state index in [-0.39, 0.29) is 0 Å². The third-order valence-electron chi connectivity index (χ3n) is 4.75. The maximum absolute atomic E-state index is 3.59. The van der Waals surface area contributed by atoms with Crippen molar-refractivity contribution in [2.45, 2.75) is 84.1 Å². The normalized spacial score (nSPS) is 20.6. The molecule has 0 aromatic carbocycles. The van der Waals surface area contributed by atoms with Crippen molar-refractivity contribution in [2.24, 2.45) is 11.8 Å². The highest BCUT2D eigenvalue weighted by molar-refractivity contribution is 4.77. The van der Waals surface area contributed by atoms with Crippen LogP contribution < -0.4 is 5.32 Å². The molecule has 0 aliphatic heterocycles. The lowest BCUT2D eigenvalue weighted by Crippen LogP contribution is -2.33. The summed E-state index contributed by atoms with van der Waals surface area (Å²) in [5.74, 6) is 1.95. The predicted molar refractivity (Wildman–Crippen MR) is 77.3 cm³/mol. The van der Waals surface area contributed by atoms with E-state index in [1.165, 1.54) is 64.2 Å². The Balaban J connectivity index is 2.28. The van der Waals surface area contributed by atoms with E-state index >= 15 is 0 Å². The summed E-state index contributed by atoms with van der Waals surface area (Å²) in [7, 11) is 2.16. The summed E-state index contributed by atoms with van der Waals surface area (Å²) in [6.45, 7) is 4.67. The molecule has 0 amide bonds. The number of unbranched alkanes of at least 4 members (excludes halogenated alkanes) is 1. The Morgan fingerprint density at radius 3 is 2.35 bits per heavy atom. The van der Waals surface area contributed by atoms with Gasteiger partial charge in [0.15, 0.2) is 0 Å². The summed E-state index contributed by atoms with van der Waals surface area (Å²) in [4.78, 5) is 0. The van der Waals surface area contributed by atoms with Crippen molar-refractivity contribution < 1.29 is 0 Å². The number of hydrogen-bond donors (Lipinski definition) is 1. The van der Waals surface area contributed by atoms with Gasteiger partial charge >= 0.3 is 0 Å². The lowest BCUT2D eigenvalue weighted by molar-refractivity contribution is 0.295. The van der Waals surface area contributed by atoms with Crippen LogP contribution in [0.2, 0.25) is 0 Å². The molecule has 1 rings (SSSR count). The molecule has 0 radical (unpaired) electrons. The third kappa shape index (κ3) is 5.42. The molecule has 2 atom stereocenters. The third-order valence-corrected chi connectivity index (χ3v) is 4.75. The maximum Gasteiger partial charge on any atom is 0.00923 e. The summed E-state index contributed by atoms with van der Waals surface area (Å²) in [6.07, 6.45) is 14.4. The average molecular weight is 239 g/mol. The van der Waals surface area contributed by atoms with Gasteiger partial charge in [-0.05, 0) is 38.1 Å². The van der Waals surface area contributed by atoms with Crippen LogP contribution >= 0.6 is 0 Å². The predicted octanol–water partition coefficient (Wildman–Crippen LogP) is 4.76. The number of hydrogen-bond acceptors (Lipinski definition) is 1. The Labute approximate surface area is 109 Å². The zero-order valence-electron chi connectivity index (χ0n) is 12.3. The van der Waals surface area contributed by atoms with Crippen LogP contribution in [0.1, 0.15) is 78.1 Å². The minimum absolute atomic E-state index is 0.771. The van der Waals surface area contributed by atoms with Crippen LogP contribution in [0.25, 0.3) is 0 Å². The van der Waals surface area contributed by atoms with Gasteiger partial charge < -0.3 is 5.32 Å². The van der Waals surface area contributed by atoms with E-state index in [2.05, 4.69) is 26.2 Å². The second kappa shape index (κ2) is 8.97. The number of nitrogens with one attached hydrogen (secondary N) is 1. The largest absolute Gasteiger partial charge is 0.317 e. The van der Waals surface area contributed by atoms with Crippen LogP contribution in [0.3, 0.4) is 0 Å². The topological polar surface area (TPSA) is 12.0 Å². The van der Waals surface area contributed by atoms with E-state index in [0.717, 1.165) is 17.9 Å². The quantitative estimate of drug-likeness (QED) is 0.611. The smallest absolute Gasteiger partial charge is 0.00923 e. The van der Waals surface area contributed by atoms with Crippen LogP contribution in [0.4, 0.5) is 0 Å². The van der Waals surface area contributed by atoms with E-state index in [0.29, 0.717) is 0 Å². The van der Waals surface area contributed by atoms with E-state index in [9.17, 15) is 0 Å². The highest BCUT2D eigenvalue weighted by atomic mass is 14.9. The van der Waals surface area contributed by atoms with Gasteiger partial charge in [0.2, 0.25) is 0 Å². The van der Waals surface area contributed by atoms with Gasteiger partial charge in [-0.1, -0.05) is 58.8 Å². The fraction of sp³-hybridized carbons (Fsp3) is 1.00. The minimum Gasteiger partial charge on any atom is -0.317 e. The van der Waals surface area contributed by atoms with E-state index < -0.39 is 0 Å². The van der Waals surface area contributed by atoms with Crippen molar-refractivity contribution in [1.82, 2.24) is 5.32 Å². The molecular weight excluding hydrogens is 206 g/mol. The Morgan fingerprint density at radius 1 is 1.12 bits per heavy atom. The first kappa shape index (κ1) is 15.0. The molecule has 17 heavy (non-hydrogen) atoms. The summed E-state index contributed by atoms with van der Waals surface area (Å²) >= 11 is 0. The molecule has 1 nitrogen and oxygen atoms in total. The highest BCUT2D eigenvalue weighted by Gasteiger charge is 2.21. The maximum atomic E-state index is 3.59. The molecule has 1 N–H and O–H groups in total. The molecule has 102 valence electrons. The summed E-state index contributed by atoms with van der Waals surface area (Å²) in [5.41, 5.74) is 0. The average Bonchev–Trinajstić information content (AvgIpc) is 2.86. The summed E-state index contributed by atoms with van der Waals surface area (Å²) in [6, 6.07) is 0.771. The van der Waals surface area contributed by atoms with Crippen molar-refractivity contribution in [3.05, 3.63) is 0 Å². The van der Waals surface area contributed by atoms with E-state index in [1.807, 2.05) is 0 Å². The van der Waals surface area contributed by atoms with Gasteiger partial charge in [0.1, 0.15) is 0 Å². The Morgan fingerprint density at radius 2 is 1.82 bits per heavy atom. The molecule has 0 aromatic rings. The van der Waals surface area contributed by atoms with E-state index in [4.69, 9.17) is 0 Å². The second-order valence-corrected chi connectivity index (χ2v) is 5.93. The molecule has 0 bridgehead atoms. The van der Waals surface area contributed by atoms with Gasteiger partial charge in [0.25, 0.3) is 0 Å². The van der Waals surface area contributed by atoms with Crippen molar-refractivity contribution in [2.75, 3.05) is 7.05 Å². The molecule has 2 unspecified atom stereocenters. The lowest BCUT2D eigenvalue weighted by Gasteiger charge is -2.27. The molecule has 1 saturated carbocycles. The van der Waals surface area contributed by atoms with Crippen molar-refractivity contribution in [3.63, 3.8) is 0 Å². The first-order valence-electron chi connectivity index (χ1n) is 7.99. The van der Waals surface area contributed by atoms with Gasteiger partial charge in [-0.2, -0.15) is 0 Å². The van der Waals surface area contributed by atoms with Gasteiger partial charge in [0, 0.05) is 6.04 Å². The summed E-state index contributed by atoms with van der Waals surface area (Å²) < 4.78 is 0. The van der Waals surface area contributed by atoms with E-state index in [1.54, 1.807) is 0 Å². The van der Waals surface area contributed by atoms with Crippen molar-refractivity contribution in [3.8, 4) is 0 Å². The molecule has 0 aromatic heterocycles. The zero-order valence-corrected chi connectivity index (χ0v) is 12.3. The van der Waals surface area contributed by atoms with Gasteiger partial charge in [-0.3, -0.25) is 0 Å². The standard InChI is InChI=1S/C16H33N/c1-4-6-11-15(5-2)16(17-3)13-12-14-9-7-8-10-14/h14-17H,4-13H2,1-3H3. The molecule has 0 saturated heterocycles. The molecule has 0 heterocycles. The van der Waals surface area contributed by atoms with Crippen LogP contribution in [-0.2, 0) is 0 Å². The second-order valence-electron chi connectivity index (χ2n) is 5.93. The molecule has 1 heteroatoms. The van der Waals surface area contributed by atoms with Gasteiger partial charge in [-0.15, -0.1) is 0 Å². The SMILES string of the molecule is CCCCC(CC)C(CCC1CCCC1)NC. The van der Waals surface area contributed by atoms with Crippen molar-refractivity contribution in [1.29, 1.82) is 0 Å². The molecular formula is C16H33N. The fourth-order valence-electron chi connectivity index (χ4n) is 3.49. The van der Waals surface area contributed by atoms with Crippen LogP contribution in [0.5, 0.6) is 0 Å². The fourth-order valence-corrected chi connectivity index (χ4v) is 3.49. The Kier molecular flexibility index (Phi) is 7.92. The lowest BCUT2D eigenvalue weighted by atomic mass is 9.86. The van der Waals surface area contributed by atoms with Gasteiger partial charge in [0.05, 0.1) is 0 Å². The monoisotopic (exact) mass is 239 g/mol. The summed E-state index contributed by atoms with van der Waals surface area (Å²) in [5, 5.41) is 3.59. The molecule has 1 aliphatic carbocycles. The van der Waals surface area contributed by atoms with Crippen molar-refractivity contribution >= 4 is 0 Å². The molecule has 1 aliphatic rings. The molecule has 1 fully saturated rings. The number of rotatable bonds is 9. The Bertz CT molecular complexity index is 172. The van der Waals surface area contributed by atoms with Crippen LogP contribution in [-0.4, -0.2) is 13.1 Å². The Hall–Kier alpha value is -0.0400.